The average molecular weight is 394 g/mol. The lowest BCUT2D eigenvalue weighted by molar-refractivity contribution is -0.150. The van der Waals surface area contributed by atoms with E-state index in [1.807, 2.05) is 45.0 Å². The first-order valence-electron chi connectivity index (χ1n) is 9.15. The Balaban J connectivity index is 1.97. The molecular formula is C20H27NO5S. The van der Waals surface area contributed by atoms with Crippen molar-refractivity contribution >= 4 is 27.8 Å². The van der Waals surface area contributed by atoms with Gasteiger partial charge in [0.05, 0.1) is 11.5 Å². The fraction of sp³-hybridized carbons (Fsp3) is 0.500. The second-order valence-corrected chi connectivity index (χ2v) is 9.14. The third-order valence-electron chi connectivity index (χ3n) is 4.88. The van der Waals surface area contributed by atoms with Crippen molar-refractivity contribution in [3.63, 3.8) is 0 Å². The molecule has 1 aliphatic heterocycles. The highest BCUT2D eigenvalue weighted by atomic mass is 32.2. The molecular weight excluding hydrogens is 366 g/mol. The molecule has 1 saturated heterocycles. The molecule has 0 saturated carbocycles. The number of rotatable bonds is 7. The Hall–Kier alpha value is -2.15. The summed E-state index contributed by atoms with van der Waals surface area (Å²) in [7, 11) is -3.10. The molecule has 1 aliphatic rings. The molecule has 27 heavy (non-hydrogen) atoms. The Labute approximate surface area is 161 Å². The zero-order valence-corrected chi connectivity index (χ0v) is 16.9. The minimum atomic E-state index is -3.10. The van der Waals surface area contributed by atoms with Crippen molar-refractivity contribution in [1.82, 2.24) is 4.90 Å². The zero-order chi connectivity index (χ0) is 20.0. The van der Waals surface area contributed by atoms with Crippen LogP contribution in [0.1, 0.15) is 37.8 Å². The smallest absolute Gasteiger partial charge is 0.331 e. The van der Waals surface area contributed by atoms with E-state index in [-0.39, 0.29) is 29.5 Å². The second kappa shape index (κ2) is 9.17. The van der Waals surface area contributed by atoms with Crippen molar-refractivity contribution in [2.75, 3.05) is 18.1 Å². The molecule has 6 nitrogen and oxygen atoms in total. The maximum Gasteiger partial charge on any atom is 0.331 e. The number of carbonyl (C=O) groups is 2. The summed E-state index contributed by atoms with van der Waals surface area (Å²) in [6.45, 7) is 5.36. The van der Waals surface area contributed by atoms with Crippen LogP contribution >= 0.6 is 0 Å². The lowest BCUT2D eigenvalue weighted by Gasteiger charge is -2.33. The minimum Gasteiger partial charge on any atom is -0.452 e. The number of nitrogens with zero attached hydrogens (tertiary/aromatic N) is 1. The number of hydrogen-bond donors (Lipinski definition) is 0. The van der Waals surface area contributed by atoms with Gasteiger partial charge in [-0.1, -0.05) is 31.2 Å². The summed E-state index contributed by atoms with van der Waals surface area (Å²) in [4.78, 5) is 26.1. The molecule has 2 atom stereocenters. The van der Waals surface area contributed by atoms with Crippen LogP contribution in [0.5, 0.6) is 0 Å². The second-order valence-electron chi connectivity index (χ2n) is 6.91. The molecule has 0 aliphatic carbocycles. The molecule has 0 radical (unpaired) electrons. The summed E-state index contributed by atoms with van der Waals surface area (Å²) in [5.74, 6) is -0.889. The van der Waals surface area contributed by atoms with Gasteiger partial charge in [0.1, 0.15) is 0 Å². The first-order valence-corrected chi connectivity index (χ1v) is 11.0. The lowest BCUT2D eigenvalue weighted by atomic mass is 10.1. The van der Waals surface area contributed by atoms with E-state index in [4.69, 9.17) is 4.74 Å². The van der Waals surface area contributed by atoms with Crippen molar-refractivity contribution in [2.45, 2.75) is 45.7 Å². The Bertz CT molecular complexity index is 815. The van der Waals surface area contributed by atoms with E-state index in [2.05, 4.69) is 0 Å². The molecule has 1 aromatic carbocycles. The predicted octanol–water partition coefficient (Wildman–Crippen LogP) is 2.37. The Morgan fingerprint density at radius 3 is 2.63 bits per heavy atom. The third kappa shape index (κ3) is 5.92. The van der Waals surface area contributed by atoms with Gasteiger partial charge >= 0.3 is 5.97 Å². The highest BCUT2D eigenvalue weighted by molar-refractivity contribution is 7.91. The van der Waals surface area contributed by atoms with Crippen molar-refractivity contribution in [2.24, 2.45) is 0 Å². The van der Waals surface area contributed by atoms with E-state index < -0.39 is 22.4 Å². The van der Waals surface area contributed by atoms with Gasteiger partial charge in [0.25, 0.3) is 5.91 Å². The number of ether oxygens (including phenoxy) is 1. The first-order chi connectivity index (χ1) is 12.7. The van der Waals surface area contributed by atoms with Crippen LogP contribution in [-0.4, -0.2) is 55.4 Å². The molecule has 7 heteroatoms. The van der Waals surface area contributed by atoms with Gasteiger partial charge in [0.2, 0.25) is 0 Å². The molecule has 0 bridgehead atoms. The predicted molar refractivity (Wildman–Crippen MR) is 105 cm³/mol. The molecule has 148 valence electrons. The number of benzene rings is 1. The molecule has 0 aromatic heterocycles. The van der Waals surface area contributed by atoms with Crippen LogP contribution in [0, 0.1) is 6.92 Å². The van der Waals surface area contributed by atoms with E-state index in [1.165, 1.54) is 6.08 Å². The van der Waals surface area contributed by atoms with Crippen LogP contribution < -0.4 is 0 Å². The van der Waals surface area contributed by atoms with Crippen LogP contribution in [0.3, 0.4) is 0 Å². The van der Waals surface area contributed by atoms with Crippen LogP contribution in [0.2, 0.25) is 0 Å². The molecule has 1 heterocycles. The number of hydrogen-bond acceptors (Lipinski definition) is 5. The molecule has 0 spiro atoms. The normalized spacial score (nSPS) is 19.7. The minimum absolute atomic E-state index is 0.0236. The van der Waals surface area contributed by atoms with Gasteiger partial charge in [-0.2, -0.15) is 0 Å². The lowest BCUT2D eigenvalue weighted by Crippen LogP contribution is -2.48. The summed E-state index contributed by atoms with van der Waals surface area (Å²) in [6, 6.07) is 7.15. The Kier molecular flexibility index (Phi) is 7.18. The Morgan fingerprint density at radius 2 is 2.04 bits per heavy atom. The average Bonchev–Trinajstić information content (AvgIpc) is 2.98. The first kappa shape index (κ1) is 21.2. The Morgan fingerprint density at radius 1 is 1.33 bits per heavy atom. The number of aryl methyl sites for hydroxylation is 1. The summed E-state index contributed by atoms with van der Waals surface area (Å²) in [5.41, 5.74) is 1.93. The number of carbonyl (C=O) groups excluding carboxylic acids is 2. The van der Waals surface area contributed by atoms with E-state index in [1.54, 1.807) is 11.0 Å². The van der Waals surface area contributed by atoms with Crippen LogP contribution in [0.25, 0.3) is 6.08 Å². The van der Waals surface area contributed by atoms with Crippen molar-refractivity contribution in [3.05, 3.63) is 41.5 Å². The van der Waals surface area contributed by atoms with Gasteiger partial charge in [-0.25, -0.2) is 13.2 Å². The summed E-state index contributed by atoms with van der Waals surface area (Å²) >= 11 is 0. The topological polar surface area (TPSA) is 80.8 Å². The molecule has 2 rings (SSSR count). The van der Waals surface area contributed by atoms with Crippen molar-refractivity contribution < 1.29 is 22.7 Å². The summed E-state index contributed by atoms with van der Waals surface area (Å²) < 4.78 is 28.6. The van der Waals surface area contributed by atoms with Gasteiger partial charge in [-0.05, 0) is 43.9 Å². The van der Waals surface area contributed by atoms with Crippen LogP contribution in [-0.2, 0) is 24.2 Å². The van der Waals surface area contributed by atoms with Gasteiger partial charge in [-0.15, -0.1) is 0 Å². The number of esters is 1. The largest absolute Gasteiger partial charge is 0.452 e. The fourth-order valence-electron chi connectivity index (χ4n) is 3.19. The molecule has 1 aromatic rings. The highest BCUT2D eigenvalue weighted by Gasteiger charge is 2.36. The zero-order valence-electron chi connectivity index (χ0n) is 16.1. The number of amides is 1. The maximum atomic E-state index is 12.6. The van der Waals surface area contributed by atoms with Crippen molar-refractivity contribution in [1.29, 1.82) is 0 Å². The summed E-state index contributed by atoms with van der Waals surface area (Å²) in [5, 5.41) is 0. The highest BCUT2D eigenvalue weighted by Crippen LogP contribution is 2.21. The number of sulfone groups is 1. The van der Waals surface area contributed by atoms with Crippen LogP contribution in [0.4, 0.5) is 0 Å². The maximum absolute atomic E-state index is 12.6. The van der Waals surface area contributed by atoms with E-state index in [0.29, 0.717) is 12.8 Å². The monoisotopic (exact) mass is 393 g/mol. The van der Waals surface area contributed by atoms with Crippen molar-refractivity contribution in [3.8, 4) is 0 Å². The molecule has 0 unspecified atom stereocenters. The molecule has 0 N–H and O–H groups in total. The van der Waals surface area contributed by atoms with E-state index in [0.717, 1.165) is 11.1 Å². The van der Waals surface area contributed by atoms with Gasteiger partial charge in [0.15, 0.2) is 16.4 Å². The van der Waals surface area contributed by atoms with Crippen LogP contribution in [0.15, 0.2) is 30.3 Å². The fourth-order valence-corrected chi connectivity index (χ4v) is 4.90. The SMILES string of the molecule is CC[C@H](C)N(C(=O)COC(=O)/C=C/c1ccccc1C)[C@H]1CCS(=O)(=O)C1. The molecule has 1 fully saturated rings. The van der Waals surface area contributed by atoms with E-state index in [9.17, 15) is 18.0 Å². The van der Waals surface area contributed by atoms with Gasteiger partial charge < -0.3 is 9.64 Å². The van der Waals surface area contributed by atoms with E-state index >= 15 is 0 Å². The summed E-state index contributed by atoms with van der Waals surface area (Å²) in [6.07, 6.45) is 4.07. The third-order valence-corrected chi connectivity index (χ3v) is 6.63. The van der Waals surface area contributed by atoms with Gasteiger partial charge in [0, 0.05) is 18.2 Å². The van der Waals surface area contributed by atoms with Gasteiger partial charge in [-0.3, -0.25) is 4.79 Å². The standard InChI is InChI=1S/C20H27NO5S/c1-4-16(3)21(18-11-12-27(24,25)14-18)19(22)13-26-20(23)10-9-17-8-6-5-7-15(17)2/h5-10,16,18H,4,11-14H2,1-3H3/b10-9+/t16-,18-/m0/s1. The molecule has 1 amide bonds. The quantitative estimate of drug-likeness (QED) is 0.525.